The number of benzene rings is 1. The Morgan fingerprint density at radius 3 is 2.94 bits per heavy atom. The first-order valence-electron chi connectivity index (χ1n) is 5.57. The fraction of sp³-hybridized carbons (Fsp3) is 0.333. The highest BCUT2D eigenvalue weighted by Crippen LogP contribution is 2.41. The number of cyclic esters (lactones) is 1. The van der Waals surface area contributed by atoms with Crippen LogP contribution in [0.15, 0.2) is 17.0 Å². The minimum atomic E-state index is -0.898. The second kappa shape index (κ2) is 4.20. The Balaban J connectivity index is 2.08. The number of nitrogens with one attached hydrogen (secondary N) is 1. The number of aryl methyl sites for hydroxylation is 1. The maximum absolute atomic E-state index is 11.7. The van der Waals surface area contributed by atoms with E-state index in [4.69, 9.17) is 9.47 Å². The molecule has 1 aromatic rings. The number of hydrogen-bond acceptors (Lipinski definition) is 5. The van der Waals surface area contributed by atoms with Gasteiger partial charge >= 0.3 is 6.09 Å². The zero-order valence-electron chi connectivity index (χ0n) is 9.69. The van der Waals surface area contributed by atoms with Crippen molar-refractivity contribution in [2.24, 2.45) is 0 Å². The molecule has 6 heteroatoms. The van der Waals surface area contributed by atoms with Gasteiger partial charge in [0, 0.05) is 11.3 Å². The number of alkyl carbamates (subject to hydrolysis) is 1. The third kappa shape index (κ3) is 1.82. The van der Waals surface area contributed by atoms with E-state index in [1.807, 2.05) is 19.1 Å². The van der Waals surface area contributed by atoms with Crippen LogP contribution in [0.3, 0.4) is 0 Å². The number of carbonyl (C=O) groups is 2. The standard InChI is InChI=1S/C12H11NO4S/c1-6-4-7(10-11(14)13-12(15)17-10)9-8(5-6)18-3-2-16-9/h4-5,10H,2-3H2,1H3,(H,13,14,15). The van der Waals surface area contributed by atoms with Gasteiger partial charge < -0.3 is 9.47 Å². The van der Waals surface area contributed by atoms with Crippen LogP contribution in [0.5, 0.6) is 5.75 Å². The van der Waals surface area contributed by atoms with Gasteiger partial charge in [0.1, 0.15) is 5.75 Å². The second-order valence-electron chi connectivity index (χ2n) is 4.15. The summed E-state index contributed by atoms with van der Waals surface area (Å²) in [6.07, 6.45) is -1.60. The van der Waals surface area contributed by atoms with E-state index in [2.05, 4.69) is 5.32 Å². The topological polar surface area (TPSA) is 64.6 Å². The zero-order chi connectivity index (χ0) is 12.7. The summed E-state index contributed by atoms with van der Waals surface area (Å²) in [6.45, 7) is 2.53. The average molecular weight is 265 g/mol. The smallest absolute Gasteiger partial charge is 0.415 e. The number of rotatable bonds is 1. The Bertz CT molecular complexity index is 543. The fourth-order valence-electron chi connectivity index (χ4n) is 2.08. The van der Waals surface area contributed by atoms with Crippen molar-refractivity contribution in [1.82, 2.24) is 5.32 Å². The molecule has 0 aliphatic carbocycles. The van der Waals surface area contributed by atoms with Crippen molar-refractivity contribution in [3.8, 4) is 5.75 Å². The van der Waals surface area contributed by atoms with E-state index in [0.717, 1.165) is 16.2 Å². The van der Waals surface area contributed by atoms with E-state index in [0.29, 0.717) is 17.9 Å². The molecule has 1 aromatic carbocycles. The SMILES string of the molecule is Cc1cc2c(c(C3OC(=O)NC3=O)c1)OCCS2. The number of ether oxygens (including phenoxy) is 2. The summed E-state index contributed by atoms with van der Waals surface area (Å²) in [6, 6.07) is 3.84. The normalized spacial score (nSPS) is 21.9. The van der Waals surface area contributed by atoms with Crippen molar-refractivity contribution < 1.29 is 19.1 Å². The highest BCUT2D eigenvalue weighted by Gasteiger charge is 2.37. The minimum absolute atomic E-state index is 0.438. The van der Waals surface area contributed by atoms with Gasteiger partial charge in [0.2, 0.25) is 6.10 Å². The molecule has 1 unspecified atom stereocenters. The molecule has 1 saturated heterocycles. The lowest BCUT2D eigenvalue weighted by Crippen LogP contribution is -2.21. The molecule has 0 aromatic heterocycles. The lowest BCUT2D eigenvalue weighted by atomic mass is 10.0. The van der Waals surface area contributed by atoms with Gasteiger partial charge in [-0.1, -0.05) is 0 Å². The molecule has 94 valence electrons. The predicted octanol–water partition coefficient (Wildman–Crippen LogP) is 1.79. The Kier molecular flexibility index (Phi) is 2.66. The molecule has 0 spiro atoms. The largest absolute Gasteiger partial charge is 0.491 e. The van der Waals surface area contributed by atoms with E-state index in [-0.39, 0.29) is 0 Å². The summed E-state index contributed by atoms with van der Waals surface area (Å²) < 4.78 is 10.6. The molecule has 1 fully saturated rings. The van der Waals surface area contributed by atoms with Crippen LogP contribution >= 0.6 is 11.8 Å². The van der Waals surface area contributed by atoms with Gasteiger partial charge in [-0.25, -0.2) is 4.79 Å². The molecular weight excluding hydrogens is 254 g/mol. The maximum atomic E-state index is 11.7. The van der Waals surface area contributed by atoms with Gasteiger partial charge in [-0.2, -0.15) is 0 Å². The Morgan fingerprint density at radius 1 is 1.39 bits per heavy atom. The van der Waals surface area contributed by atoms with Crippen molar-refractivity contribution in [3.63, 3.8) is 0 Å². The highest BCUT2D eigenvalue weighted by molar-refractivity contribution is 7.99. The third-order valence-corrected chi connectivity index (χ3v) is 3.77. The quantitative estimate of drug-likeness (QED) is 0.838. The van der Waals surface area contributed by atoms with Crippen LogP contribution in [0.25, 0.3) is 0 Å². The van der Waals surface area contributed by atoms with Gasteiger partial charge in [-0.3, -0.25) is 10.1 Å². The van der Waals surface area contributed by atoms with Crippen LogP contribution in [0, 0.1) is 6.92 Å². The summed E-state index contributed by atoms with van der Waals surface area (Å²) in [5.74, 6) is 1.10. The summed E-state index contributed by atoms with van der Waals surface area (Å²) in [4.78, 5) is 23.7. The molecule has 5 nitrogen and oxygen atoms in total. The van der Waals surface area contributed by atoms with E-state index < -0.39 is 18.1 Å². The molecule has 0 saturated carbocycles. The number of hydrogen-bond donors (Lipinski definition) is 1. The molecule has 0 bridgehead atoms. The number of carbonyl (C=O) groups excluding carboxylic acids is 2. The lowest BCUT2D eigenvalue weighted by Gasteiger charge is -2.22. The minimum Gasteiger partial charge on any atom is -0.491 e. The van der Waals surface area contributed by atoms with Crippen LogP contribution in [0.2, 0.25) is 0 Å². The lowest BCUT2D eigenvalue weighted by molar-refractivity contribution is -0.123. The first kappa shape index (κ1) is 11.4. The van der Waals surface area contributed by atoms with Crippen molar-refractivity contribution in [3.05, 3.63) is 23.3 Å². The molecule has 3 rings (SSSR count). The average Bonchev–Trinajstić information content (AvgIpc) is 2.67. The molecular formula is C12H11NO4S. The zero-order valence-corrected chi connectivity index (χ0v) is 10.5. The van der Waals surface area contributed by atoms with Gasteiger partial charge in [-0.15, -0.1) is 11.8 Å². The Labute approximate surface area is 108 Å². The van der Waals surface area contributed by atoms with E-state index in [9.17, 15) is 9.59 Å². The molecule has 1 atom stereocenters. The van der Waals surface area contributed by atoms with Crippen molar-refractivity contribution in [2.45, 2.75) is 17.9 Å². The van der Waals surface area contributed by atoms with Crippen LogP contribution < -0.4 is 10.1 Å². The Hall–Kier alpha value is -1.69. The molecule has 18 heavy (non-hydrogen) atoms. The summed E-state index contributed by atoms with van der Waals surface area (Å²) >= 11 is 1.68. The van der Waals surface area contributed by atoms with Crippen molar-refractivity contribution >= 4 is 23.8 Å². The number of fused-ring (bicyclic) bond motifs is 1. The van der Waals surface area contributed by atoms with Crippen LogP contribution in [0.4, 0.5) is 4.79 Å². The van der Waals surface area contributed by atoms with E-state index >= 15 is 0 Å². The fourth-order valence-corrected chi connectivity index (χ4v) is 3.04. The van der Waals surface area contributed by atoms with E-state index in [1.54, 1.807) is 11.8 Å². The van der Waals surface area contributed by atoms with Crippen LogP contribution in [-0.4, -0.2) is 24.4 Å². The molecule has 2 aliphatic rings. The van der Waals surface area contributed by atoms with Gasteiger partial charge in [0.15, 0.2) is 0 Å². The van der Waals surface area contributed by atoms with Gasteiger partial charge in [0.25, 0.3) is 5.91 Å². The first-order chi connectivity index (χ1) is 8.65. The highest BCUT2D eigenvalue weighted by atomic mass is 32.2. The van der Waals surface area contributed by atoms with Crippen LogP contribution in [0.1, 0.15) is 17.2 Å². The maximum Gasteiger partial charge on any atom is 0.415 e. The monoisotopic (exact) mass is 265 g/mol. The van der Waals surface area contributed by atoms with Crippen molar-refractivity contribution in [1.29, 1.82) is 0 Å². The van der Waals surface area contributed by atoms with Gasteiger partial charge in [0.05, 0.1) is 11.5 Å². The molecule has 2 amide bonds. The summed E-state index contributed by atoms with van der Waals surface area (Å²) in [5.41, 5.74) is 1.64. The number of thioether (sulfide) groups is 1. The molecule has 0 radical (unpaired) electrons. The second-order valence-corrected chi connectivity index (χ2v) is 5.29. The predicted molar refractivity (Wildman–Crippen MR) is 64.8 cm³/mol. The van der Waals surface area contributed by atoms with Gasteiger partial charge in [-0.05, 0) is 24.6 Å². The number of imide groups is 1. The summed E-state index contributed by atoms with van der Waals surface area (Å²) in [5, 5.41) is 2.13. The molecule has 1 N–H and O–H groups in total. The number of amides is 2. The van der Waals surface area contributed by atoms with E-state index in [1.165, 1.54) is 0 Å². The molecule has 2 heterocycles. The molecule has 2 aliphatic heterocycles. The summed E-state index contributed by atoms with van der Waals surface area (Å²) in [7, 11) is 0. The van der Waals surface area contributed by atoms with Crippen molar-refractivity contribution in [2.75, 3.05) is 12.4 Å². The Morgan fingerprint density at radius 2 is 2.22 bits per heavy atom. The first-order valence-corrected chi connectivity index (χ1v) is 6.55. The van der Waals surface area contributed by atoms with Crippen LogP contribution in [-0.2, 0) is 9.53 Å². The third-order valence-electron chi connectivity index (χ3n) is 2.79.